The van der Waals surface area contributed by atoms with Crippen LogP contribution in [0.1, 0.15) is 37.0 Å². The summed E-state index contributed by atoms with van der Waals surface area (Å²) in [5, 5.41) is 2.15. The number of benzene rings is 2. The monoisotopic (exact) mass is 327 g/mol. The Balaban J connectivity index is 0.00000208. The van der Waals surface area contributed by atoms with E-state index in [0.717, 1.165) is 36.1 Å². The van der Waals surface area contributed by atoms with Crippen LogP contribution in [-0.2, 0) is 16.9 Å². The van der Waals surface area contributed by atoms with Crippen molar-refractivity contribution in [2.24, 2.45) is 0 Å². The van der Waals surface area contributed by atoms with Crippen molar-refractivity contribution in [1.82, 2.24) is 0 Å². The summed E-state index contributed by atoms with van der Waals surface area (Å²) in [5.41, 5.74) is 3.23. The van der Waals surface area contributed by atoms with E-state index in [4.69, 9.17) is 11.3 Å². The van der Waals surface area contributed by atoms with Gasteiger partial charge in [0.15, 0.2) is 5.69 Å². The summed E-state index contributed by atoms with van der Waals surface area (Å²) in [6, 6.07) is 12.3. The molecular formula is C20H24FN2O+. The van der Waals surface area contributed by atoms with Crippen LogP contribution in [0.3, 0.4) is 0 Å². The number of fused-ring (bicyclic) bond motifs is 1. The van der Waals surface area contributed by atoms with E-state index < -0.39 is 5.60 Å². The Hall–Kier alpha value is -2.22. The molecule has 2 aromatic rings. The Kier molecular flexibility index (Phi) is 5.71. The first-order chi connectivity index (χ1) is 11.2. The Morgan fingerprint density at radius 2 is 2.00 bits per heavy atom. The average molecular weight is 327 g/mol. The topological polar surface area (TPSA) is 30.2 Å². The van der Waals surface area contributed by atoms with Crippen LogP contribution in [0.4, 0.5) is 10.1 Å². The fourth-order valence-electron chi connectivity index (χ4n) is 3.31. The number of rotatable bonds is 5. The van der Waals surface area contributed by atoms with Gasteiger partial charge in [0.2, 0.25) is 0 Å². The minimum Gasteiger partial charge on any atom is -0.361 e. The predicted molar refractivity (Wildman–Crippen MR) is 93.4 cm³/mol. The molecule has 4 heteroatoms. The summed E-state index contributed by atoms with van der Waals surface area (Å²) in [6.07, 6.45) is 1.84. The molecule has 0 bridgehead atoms. The first kappa shape index (κ1) is 18.1. The molecule has 0 radical (unpaired) electrons. The third kappa shape index (κ3) is 3.19. The van der Waals surface area contributed by atoms with Crippen molar-refractivity contribution in [1.29, 1.82) is 0 Å². The molecule has 24 heavy (non-hydrogen) atoms. The smallest absolute Gasteiger partial charge is 0.187 e. The highest BCUT2D eigenvalue weighted by atomic mass is 19.1. The van der Waals surface area contributed by atoms with E-state index >= 15 is 0 Å². The molecule has 3 nitrogen and oxygen atoms in total. The lowest BCUT2D eigenvalue weighted by molar-refractivity contribution is -0.627. The van der Waals surface area contributed by atoms with Gasteiger partial charge in [0, 0.05) is 0 Å². The largest absolute Gasteiger partial charge is 0.361 e. The lowest BCUT2D eigenvalue weighted by Crippen LogP contribution is -2.79. The van der Waals surface area contributed by atoms with E-state index in [0.29, 0.717) is 12.3 Å². The van der Waals surface area contributed by atoms with Gasteiger partial charge in [0.1, 0.15) is 11.4 Å². The number of halogens is 1. The van der Waals surface area contributed by atoms with Crippen molar-refractivity contribution in [3.8, 4) is 0 Å². The number of quaternary nitrogens is 1. The maximum Gasteiger partial charge on any atom is 0.187 e. The molecule has 0 spiro atoms. The van der Waals surface area contributed by atoms with E-state index in [1.54, 1.807) is 0 Å². The van der Waals surface area contributed by atoms with Crippen molar-refractivity contribution >= 4 is 5.69 Å². The van der Waals surface area contributed by atoms with E-state index in [-0.39, 0.29) is 13.2 Å². The Morgan fingerprint density at radius 1 is 1.25 bits per heavy atom. The molecule has 3 rings (SSSR count). The standard InChI is InChI=1S/C19H19FN2O.CH4/c1-21-11-3-10-19(15-4-6-16(20)7-5-15)18-9-8-17(22-2)12-14(18)13-23-19;/h4-9,12,21H,3,10-11,13H2,1H3;1H4/p+1. The van der Waals surface area contributed by atoms with Gasteiger partial charge in [-0.15, -0.1) is 0 Å². The van der Waals surface area contributed by atoms with E-state index in [9.17, 15) is 4.39 Å². The van der Waals surface area contributed by atoms with Crippen LogP contribution >= 0.6 is 0 Å². The highest BCUT2D eigenvalue weighted by molar-refractivity contribution is 5.54. The number of nitrogens with zero attached hydrogens (tertiary/aromatic N) is 1. The van der Waals surface area contributed by atoms with Crippen LogP contribution in [0.25, 0.3) is 4.85 Å². The van der Waals surface area contributed by atoms with Crippen LogP contribution in [0.2, 0.25) is 0 Å². The molecule has 1 atom stereocenters. The summed E-state index contributed by atoms with van der Waals surface area (Å²) in [6.45, 7) is 8.67. The van der Waals surface area contributed by atoms with Crippen molar-refractivity contribution in [3.63, 3.8) is 0 Å². The van der Waals surface area contributed by atoms with Crippen molar-refractivity contribution in [2.75, 3.05) is 13.6 Å². The maximum absolute atomic E-state index is 13.3. The molecule has 1 unspecified atom stereocenters. The van der Waals surface area contributed by atoms with Gasteiger partial charge in [0.05, 0.1) is 26.8 Å². The number of ether oxygens (including phenoxy) is 1. The highest BCUT2D eigenvalue weighted by Crippen LogP contribution is 2.46. The van der Waals surface area contributed by atoms with Gasteiger partial charge in [-0.1, -0.05) is 37.8 Å². The molecular weight excluding hydrogens is 303 g/mol. The molecule has 1 aliphatic heterocycles. The lowest BCUT2D eigenvalue weighted by atomic mass is 9.82. The first-order valence-corrected chi connectivity index (χ1v) is 7.88. The van der Waals surface area contributed by atoms with Gasteiger partial charge in [-0.2, -0.15) is 0 Å². The molecule has 0 fully saturated rings. The van der Waals surface area contributed by atoms with E-state index in [1.807, 2.05) is 30.3 Å². The fourth-order valence-corrected chi connectivity index (χ4v) is 3.31. The third-order valence-corrected chi connectivity index (χ3v) is 4.46. The van der Waals surface area contributed by atoms with Gasteiger partial charge in [-0.3, -0.25) is 0 Å². The molecule has 0 saturated heterocycles. The Morgan fingerprint density at radius 3 is 2.67 bits per heavy atom. The van der Waals surface area contributed by atoms with Crippen LogP contribution in [-0.4, -0.2) is 13.6 Å². The molecule has 0 aromatic heterocycles. The predicted octanol–water partition coefficient (Wildman–Crippen LogP) is 3.76. The lowest BCUT2D eigenvalue weighted by Gasteiger charge is -2.30. The normalized spacial score (nSPS) is 18.5. The van der Waals surface area contributed by atoms with Crippen molar-refractivity contribution in [3.05, 3.63) is 76.4 Å². The zero-order valence-electron chi connectivity index (χ0n) is 13.2. The number of hydrogen-bond acceptors (Lipinski definition) is 1. The van der Waals surface area contributed by atoms with Gasteiger partial charge < -0.3 is 10.1 Å². The van der Waals surface area contributed by atoms with Gasteiger partial charge in [-0.25, -0.2) is 9.24 Å². The van der Waals surface area contributed by atoms with E-state index in [2.05, 4.69) is 17.2 Å². The maximum atomic E-state index is 13.3. The van der Waals surface area contributed by atoms with E-state index in [1.165, 1.54) is 12.1 Å². The summed E-state index contributed by atoms with van der Waals surface area (Å²) in [7, 11) is 2.05. The minimum atomic E-state index is -0.535. The van der Waals surface area contributed by atoms with Crippen LogP contribution in [0.5, 0.6) is 0 Å². The molecule has 2 aromatic carbocycles. The summed E-state index contributed by atoms with van der Waals surface area (Å²) in [4.78, 5) is 3.50. The summed E-state index contributed by atoms with van der Waals surface area (Å²) in [5.74, 6) is -0.243. The molecule has 1 aliphatic rings. The molecule has 0 amide bonds. The van der Waals surface area contributed by atoms with Crippen molar-refractivity contribution in [2.45, 2.75) is 32.5 Å². The fraction of sp³-hybridized carbons (Fsp3) is 0.350. The quantitative estimate of drug-likeness (QED) is 0.658. The average Bonchev–Trinajstić information content (AvgIpc) is 2.95. The van der Waals surface area contributed by atoms with Crippen LogP contribution in [0.15, 0.2) is 42.5 Å². The third-order valence-electron chi connectivity index (χ3n) is 4.46. The Bertz CT molecular complexity index is 736. The van der Waals surface area contributed by atoms with Gasteiger partial charge in [0.25, 0.3) is 0 Å². The van der Waals surface area contributed by atoms with Crippen molar-refractivity contribution < 1.29 is 14.4 Å². The molecule has 0 saturated carbocycles. The van der Waals surface area contributed by atoms with Crippen LogP contribution in [0, 0.1) is 12.4 Å². The zero-order chi connectivity index (χ0) is 16.3. The zero-order valence-corrected chi connectivity index (χ0v) is 13.2. The van der Waals surface area contributed by atoms with Gasteiger partial charge >= 0.3 is 0 Å². The SMILES string of the molecule is C.[C-]#[N+]c1ccc2c(c1)COC2(CCC[NH2+]C)c1ccc(F)cc1. The second kappa shape index (κ2) is 7.57. The highest BCUT2D eigenvalue weighted by Gasteiger charge is 2.41. The summed E-state index contributed by atoms with van der Waals surface area (Å²) < 4.78 is 19.6. The second-order valence-corrected chi connectivity index (χ2v) is 5.88. The second-order valence-electron chi connectivity index (χ2n) is 5.88. The molecule has 1 heterocycles. The molecule has 0 aliphatic carbocycles. The summed E-state index contributed by atoms with van der Waals surface area (Å²) >= 11 is 0. The van der Waals surface area contributed by atoms with Crippen LogP contribution < -0.4 is 5.32 Å². The van der Waals surface area contributed by atoms with Gasteiger partial charge in [-0.05, 0) is 41.7 Å². The minimum absolute atomic E-state index is 0. The first-order valence-electron chi connectivity index (χ1n) is 7.88. The Labute approximate surface area is 143 Å². The molecule has 2 N–H and O–H groups in total. The number of nitrogens with two attached hydrogens (primary N) is 1. The number of hydrogen-bond donors (Lipinski definition) is 1. The molecule has 126 valence electrons.